The Bertz CT molecular complexity index is 430. The van der Waals surface area contributed by atoms with E-state index in [-0.39, 0.29) is 12.0 Å². The third-order valence-corrected chi connectivity index (χ3v) is 3.21. The van der Waals surface area contributed by atoms with E-state index in [1.54, 1.807) is 11.9 Å². The van der Waals surface area contributed by atoms with Gasteiger partial charge in [0.25, 0.3) is 0 Å². The summed E-state index contributed by atoms with van der Waals surface area (Å²) in [6, 6.07) is 0.161. The van der Waals surface area contributed by atoms with E-state index in [1.165, 1.54) is 7.11 Å². The molecule has 0 atom stereocenters. The van der Waals surface area contributed by atoms with Crippen LogP contribution in [0.4, 0.5) is 11.9 Å². The molecule has 9 nitrogen and oxygen atoms in total. The van der Waals surface area contributed by atoms with Gasteiger partial charge in [0.1, 0.15) is 0 Å². The number of hydrazine groups is 1. The van der Waals surface area contributed by atoms with Crippen LogP contribution in [-0.2, 0) is 4.74 Å². The van der Waals surface area contributed by atoms with Crippen molar-refractivity contribution in [2.75, 3.05) is 44.2 Å². The maximum atomic E-state index is 10.5. The number of aromatic nitrogens is 3. The van der Waals surface area contributed by atoms with E-state index in [0.717, 1.165) is 0 Å². The molecule has 1 aromatic rings. The molecule has 1 saturated heterocycles. The zero-order valence-electron chi connectivity index (χ0n) is 11.7. The van der Waals surface area contributed by atoms with Gasteiger partial charge in [0, 0.05) is 39.6 Å². The van der Waals surface area contributed by atoms with E-state index in [0.29, 0.717) is 38.5 Å². The quantitative estimate of drug-likeness (QED) is 0.469. The predicted molar refractivity (Wildman–Crippen MR) is 72.5 cm³/mol. The Morgan fingerprint density at radius 1 is 1.40 bits per heavy atom. The minimum absolute atomic E-state index is 0.161. The predicted octanol–water partition coefficient (Wildman–Crippen LogP) is -0.857. The summed E-state index contributed by atoms with van der Waals surface area (Å²) in [5, 5.41) is 10.5. The fourth-order valence-corrected chi connectivity index (χ4v) is 2.09. The second-order valence-corrected chi connectivity index (χ2v) is 4.78. The number of aliphatic hydroxyl groups is 1. The Hall–Kier alpha value is -1.71. The molecule has 0 amide bonds. The zero-order chi connectivity index (χ0) is 14.6. The van der Waals surface area contributed by atoms with Gasteiger partial charge >= 0.3 is 6.01 Å². The molecule has 4 N–H and O–H groups in total. The topological polar surface area (TPSA) is 119 Å². The molecular weight excluding hydrogens is 264 g/mol. The van der Waals surface area contributed by atoms with Crippen molar-refractivity contribution < 1.29 is 14.6 Å². The number of ether oxygens (including phenoxy) is 2. The average molecular weight is 284 g/mol. The van der Waals surface area contributed by atoms with Crippen LogP contribution in [0.3, 0.4) is 0 Å². The van der Waals surface area contributed by atoms with Crippen molar-refractivity contribution in [2.45, 2.75) is 18.4 Å². The molecule has 9 heteroatoms. The third-order valence-electron chi connectivity index (χ3n) is 3.21. The van der Waals surface area contributed by atoms with Crippen LogP contribution in [-0.4, -0.2) is 59.6 Å². The first-order chi connectivity index (χ1) is 9.56. The Morgan fingerprint density at radius 3 is 2.70 bits per heavy atom. The van der Waals surface area contributed by atoms with Crippen molar-refractivity contribution in [1.29, 1.82) is 0 Å². The van der Waals surface area contributed by atoms with Crippen LogP contribution in [0.5, 0.6) is 6.01 Å². The van der Waals surface area contributed by atoms with Gasteiger partial charge < -0.3 is 19.5 Å². The molecule has 1 aliphatic heterocycles. The fourth-order valence-electron chi connectivity index (χ4n) is 2.09. The lowest BCUT2D eigenvalue weighted by Crippen LogP contribution is -2.46. The van der Waals surface area contributed by atoms with E-state index < -0.39 is 5.60 Å². The molecule has 0 unspecified atom stereocenters. The Labute approximate surface area is 117 Å². The molecule has 0 aliphatic carbocycles. The van der Waals surface area contributed by atoms with Crippen molar-refractivity contribution in [3.63, 3.8) is 0 Å². The van der Waals surface area contributed by atoms with Gasteiger partial charge in [-0.25, -0.2) is 5.84 Å². The van der Waals surface area contributed by atoms with Gasteiger partial charge in [-0.1, -0.05) is 0 Å². The van der Waals surface area contributed by atoms with Crippen LogP contribution in [0, 0.1) is 0 Å². The first-order valence-electron chi connectivity index (χ1n) is 6.34. The van der Waals surface area contributed by atoms with Gasteiger partial charge in [-0.3, -0.25) is 5.43 Å². The highest BCUT2D eigenvalue weighted by Gasteiger charge is 2.32. The van der Waals surface area contributed by atoms with Crippen molar-refractivity contribution in [1.82, 2.24) is 15.0 Å². The standard InChI is InChI=1S/C11H20N6O3/c1-17(7-11(18)3-5-20-6-4-11)9-13-8(16-12)14-10(15-9)19-2/h18H,3-7,12H2,1-2H3,(H,13,14,15,16). The average Bonchev–Trinajstić information content (AvgIpc) is 2.46. The lowest BCUT2D eigenvalue weighted by molar-refractivity contribution is -0.0574. The molecule has 0 radical (unpaired) electrons. The largest absolute Gasteiger partial charge is 0.467 e. The number of methoxy groups -OCH3 is 1. The number of nitrogens with zero attached hydrogens (tertiary/aromatic N) is 4. The molecule has 0 saturated carbocycles. The SMILES string of the molecule is COc1nc(NN)nc(N(C)CC2(O)CCOCC2)n1. The van der Waals surface area contributed by atoms with E-state index in [4.69, 9.17) is 15.3 Å². The van der Waals surface area contributed by atoms with Gasteiger partial charge in [-0.05, 0) is 0 Å². The van der Waals surface area contributed by atoms with Crippen LogP contribution in [0.25, 0.3) is 0 Å². The summed E-state index contributed by atoms with van der Waals surface area (Å²) in [6.07, 6.45) is 1.17. The highest BCUT2D eigenvalue weighted by Crippen LogP contribution is 2.23. The first kappa shape index (κ1) is 14.7. The maximum absolute atomic E-state index is 10.5. The Balaban J connectivity index is 2.13. The normalized spacial score (nSPS) is 17.6. The molecule has 0 bridgehead atoms. The monoisotopic (exact) mass is 284 g/mol. The summed E-state index contributed by atoms with van der Waals surface area (Å²) in [7, 11) is 3.26. The first-order valence-corrected chi connectivity index (χ1v) is 6.34. The minimum atomic E-state index is -0.802. The number of anilines is 2. The maximum Gasteiger partial charge on any atom is 0.322 e. The van der Waals surface area contributed by atoms with E-state index >= 15 is 0 Å². The molecule has 0 spiro atoms. The number of nitrogens with one attached hydrogen (secondary N) is 1. The number of hydrogen-bond acceptors (Lipinski definition) is 9. The van der Waals surface area contributed by atoms with Crippen molar-refractivity contribution >= 4 is 11.9 Å². The van der Waals surface area contributed by atoms with Crippen LogP contribution in [0.1, 0.15) is 12.8 Å². The molecule has 1 aromatic heterocycles. The zero-order valence-corrected chi connectivity index (χ0v) is 11.7. The van der Waals surface area contributed by atoms with Gasteiger partial charge in [-0.15, -0.1) is 0 Å². The molecule has 2 heterocycles. The highest BCUT2D eigenvalue weighted by molar-refractivity contribution is 5.37. The molecule has 20 heavy (non-hydrogen) atoms. The number of nitrogens with two attached hydrogens (primary N) is 1. The van der Waals surface area contributed by atoms with Crippen molar-refractivity contribution in [2.24, 2.45) is 5.84 Å². The lowest BCUT2D eigenvalue weighted by Gasteiger charge is -2.35. The number of likely N-dealkylation sites (N-methyl/N-ethyl adjacent to an activating group) is 1. The summed E-state index contributed by atoms with van der Waals surface area (Å²) in [5.41, 5.74) is 1.56. The summed E-state index contributed by atoms with van der Waals surface area (Å²) in [6.45, 7) is 1.51. The van der Waals surface area contributed by atoms with Crippen LogP contribution in [0.15, 0.2) is 0 Å². The molecule has 1 aliphatic rings. The van der Waals surface area contributed by atoms with Gasteiger partial charge in [0.15, 0.2) is 0 Å². The number of nitrogen functional groups attached to an aromatic ring is 1. The van der Waals surface area contributed by atoms with Gasteiger partial charge in [-0.2, -0.15) is 15.0 Å². The molecule has 1 fully saturated rings. The highest BCUT2D eigenvalue weighted by atomic mass is 16.5. The summed E-state index contributed by atoms with van der Waals surface area (Å²) < 4.78 is 10.3. The smallest absolute Gasteiger partial charge is 0.322 e. The minimum Gasteiger partial charge on any atom is -0.467 e. The van der Waals surface area contributed by atoms with Gasteiger partial charge in [0.2, 0.25) is 11.9 Å². The number of rotatable bonds is 5. The molecule has 112 valence electrons. The fraction of sp³-hybridized carbons (Fsp3) is 0.727. The van der Waals surface area contributed by atoms with Crippen LogP contribution >= 0.6 is 0 Å². The Kier molecular flexibility index (Phi) is 4.53. The Morgan fingerprint density at radius 2 is 2.10 bits per heavy atom. The lowest BCUT2D eigenvalue weighted by atomic mass is 9.94. The molecule has 0 aromatic carbocycles. The van der Waals surface area contributed by atoms with Crippen LogP contribution in [0.2, 0.25) is 0 Å². The van der Waals surface area contributed by atoms with Crippen molar-refractivity contribution in [3.8, 4) is 6.01 Å². The second kappa shape index (κ2) is 6.16. The van der Waals surface area contributed by atoms with E-state index in [9.17, 15) is 5.11 Å². The molecular formula is C11H20N6O3. The second-order valence-electron chi connectivity index (χ2n) is 4.78. The van der Waals surface area contributed by atoms with E-state index in [1.807, 2.05) is 0 Å². The van der Waals surface area contributed by atoms with Crippen LogP contribution < -0.4 is 20.9 Å². The van der Waals surface area contributed by atoms with Gasteiger partial charge in [0.05, 0.1) is 12.7 Å². The molecule has 2 rings (SSSR count). The number of hydrogen-bond donors (Lipinski definition) is 3. The van der Waals surface area contributed by atoms with Crippen molar-refractivity contribution in [3.05, 3.63) is 0 Å². The third kappa shape index (κ3) is 3.44. The summed E-state index contributed by atoms with van der Waals surface area (Å²) in [5.74, 6) is 5.90. The summed E-state index contributed by atoms with van der Waals surface area (Å²) in [4.78, 5) is 14.0. The summed E-state index contributed by atoms with van der Waals surface area (Å²) >= 11 is 0. The van der Waals surface area contributed by atoms with E-state index in [2.05, 4.69) is 20.4 Å².